The van der Waals surface area contributed by atoms with Gasteiger partial charge in [-0.25, -0.2) is 0 Å². The number of hydrogen-bond acceptors (Lipinski definition) is 1. The SMILES string of the molecule is CCC(C)C(=O)N1CC1C(F)(F)C(F)(F)C(F)(F)C(F)(F)F. The van der Waals surface area contributed by atoms with Crippen LogP contribution in [0.1, 0.15) is 20.3 Å². The maximum Gasteiger partial charge on any atom is 0.460 e. The van der Waals surface area contributed by atoms with Crippen LogP contribution in [0.4, 0.5) is 39.5 Å². The Morgan fingerprint density at radius 2 is 1.50 bits per heavy atom. The zero-order valence-corrected chi connectivity index (χ0v) is 11.3. The van der Waals surface area contributed by atoms with Gasteiger partial charge in [0.1, 0.15) is 6.04 Å². The van der Waals surface area contributed by atoms with E-state index in [0.717, 1.165) is 0 Å². The van der Waals surface area contributed by atoms with Gasteiger partial charge in [0.05, 0.1) is 0 Å². The molecule has 1 saturated heterocycles. The highest BCUT2D eigenvalue weighted by molar-refractivity contribution is 5.81. The van der Waals surface area contributed by atoms with Crippen molar-refractivity contribution in [3.8, 4) is 0 Å². The van der Waals surface area contributed by atoms with Gasteiger partial charge in [-0.1, -0.05) is 13.8 Å². The van der Waals surface area contributed by atoms with Crippen LogP contribution >= 0.6 is 0 Å². The molecule has 11 heteroatoms. The molecule has 1 rings (SSSR count). The first-order valence-corrected chi connectivity index (χ1v) is 6.13. The summed E-state index contributed by atoms with van der Waals surface area (Å²) in [5.74, 6) is -21.1. The minimum absolute atomic E-state index is 0.169. The Morgan fingerprint density at radius 1 is 1.05 bits per heavy atom. The Morgan fingerprint density at radius 3 is 1.86 bits per heavy atom. The van der Waals surface area contributed by atoms with Crippen LogP contribution in [0.5, 0.6) is 0 Å². The maximum atomic E-state index is 13.5. The van der Waals surface area contributed by atoms with E-state index in [0.29, 0.717) is 0 Å². The van der Waals surface area contributed by atoms with Crippen molar-refractivity contribution in [2.75, 3.05) is 6.54 Å². The van der Waals surface area contributed by atoms with Crippen LogP contribution in [0.2, 0.25) is 0 Å². The Hall–Kier alpha value is -1.16. The predicted molar refractivity (Wildman–Crippen MR) is 55.9 cm³/mol. The monoisotopic (exact) mass is 345 g/mol. The van der Waals surface area contributed by atoms with Crippen molar-refractivity contribution in [3.05, 3.63) is 0 Å². The standard InChI is InChI=1S/C11H12F9NO/c1-3-5(2)7(22)21-4-6(21)8(12,13)9(14,15)10(16,17)11(18,19)20/h5-6H,3-4H2,1-2H3. The van der Waals surface area contributed by atoms with Crippen molar-refractivity contribution in [2.24, 2.45) is 5.92 Å². The molecule has 2 nitrogen and oxygen atoms in total. The molecule has 0 saturated carbocycles. The lowest BCUT2D eigenvalue weighted by molar-refractivity contribution is -0.396. The molecule has 22 heavy (non-hydrogen) atoms. The van der Waals surface area contributed by atoms with Crippen LogP contribution in [0.3, 0.4) is 0 Å². The number of hydrogen-bond donors (Lipinski definition) is 0. The maximum absolute atomic E-state index is 13.5. The summed E-state index contributed by atoms with van der Waals surface area (Å²) in [6, 6.07) is -2.68. The molecule has 0 bridgehead atoms. The number of amides is 1. The molecule has 2 atom stereocenters. The van der Waals surface area contributed by atoms with E-state index in [2.05, 4.69) is 0 Å². The van der Waals surface area contributed by atoms with Crippen LogP contribution in [-0.2, 0) is 4.79 Å². The second-order valence-electron chi connectivity index (χ2n) is 5.09. The van der Waals surface area contributed by atoms with E-state index >= 15 is 0 Å². The van der Waals surface area contributed by atoms with E-state index in [1.807, 2.05) is 0 Å². The fraction of sp³-hybridized carbons (Fsp3) is 0.909. The van der Waals surface area contributed by atoms with Crippen molar-refractivity contribution in [1.29, 1.82) is 0 Å². The highest BCUT2D eigenvalue weighted by Crippen LogP contribution is 2.56. The van der Waals surface area contributed by atoms with E-state index in [1.54, 1.807) is 0 Å². The second-order valence-corrected chi connectivity index (χ2v) is 5.09. The van der Waals surface area contributed by atoms with Gasteiger partial charge in [-0.2, -0.15) is 39.5 Å². The molecule has 0 N–H and O–H groups in total. The van der Waals surface area contributed by atoms with Gasteiger partial charge in [-0.3, -0.25) is 4.79 Å². The zero-order valence-electron chi connectivity index (χ0n) is 11.3. The number of nitrogens with zero attached hydrogens (tertiary/aromatic N) is 1. The Kier molecular flexibility index (Phi) is 4.45. The molecule has 1 aliphatic rings. The minimum Gasteiger partial charge on any atom is -0.329 e. The third kappa shape index (κ3) is 2.62. The minimum atomic E-state index is -6.92. The summed E-state index contributed by atoms with van der Waals surface area (Å²) >= 11 is 0. The molecule has 0 spiro atoms. The lowest BCUT2D eigenvalue weighted by Gasteiger charge is -2.33. The lowest BCUT2D eigenvalue weighted by atomic mass is 10.0. The van der Waals surface area contributed by atoms with E-state index in [1.165, 1.54) is 13.8 Å². The number of alkyl halides is 9. The molecule has 0 radical (unpaired) electrons. The Balaban J connectivity index is 3.03. The van der Waals surface area contributed by atoms with Crippen molar-refractivity contribution in [3.63, 3.8) is 0 Å². The normalized spacial score (nSPS) is 21.8. The van der Waals surface area contributed by atoms with Crippen LogP contribution in [0.15, 0.2) is 0 Å². The highest BCUT2D eigenvalue weighted by Gasteiger charge is 2.85. The van der Waals surface area contributed by atoms with Crippen LogP contribution in [0.25, 0.3) is 0 Å². The molecular formula is C11H12F9NO. The summed E-state index contributed by atoms with van der Waals surface area (Å²) in [7, 11) is 0. The number of carbonyl (C=O) groups excluding carboxylic acids is 1. The molecular weight excluding hydrogens is 333 g/mol. The van der Waals surface area contributed by atoms with E-state index in [-0.39, 0.29) is 11.3 Å². The summed E-state index contributed by atoms with van der Waals surface area (Å²) < 4.78 is 114. The largest absolute Gasteiger partial charge is 0.460 e. The lowest BCUT2D eigenvalue weighted by Crippen LogP contribution is -2.63. The molecule has 0 aliphatic carbocycles. The second kappa shape index (κ2) is 5.19. The van der Waals surface area contributed by atoms with Crippen LogP contribution < -0.4 is 0 Å². The van der Waals surface area contributed by atoms with Crippen molar-refractivity contribution >= 4 is 5.91 Å². The molecule has 1 fully saturated rings. The van der Waals surface area contributed by atoms with Gasteiger partial charge in [0.25, 0.3) is 0 Å². The van der Waals surface area contributed by atoms with Crippen molar-refractivity contribution in [2.45, 2.75) is 50.3 Å². The number of carbonyl (C=O) groups is 1. The fourth-order valence-electron chi connectivity index (χ4n) is 1.75. The van der Waals surface area contributed by atoms with E-state index in [9.17, 15) is 44.3 Å². The first kappa shape index (κ1) is 18.9. The van der Waals surface area contributed by atoms with Crippen molar-refractivity contribution in [1.82, 2.24) is 4.90 Å². The average molecular weight is 345 g/mol. The molecule has 1 aliphatic heterocycles. The Labute approximate surface area is 119 Å². The molecule has 0 aromatic rings. The third-order valence-electron chi connectivity index (χ3n) is 3.52. The summed E-state index contributed by atoms with van der Waals surface area (Å²) in [4.78, 5) is 11.7. The highest BCUT2D eigenvalue weighted by atomic mass is 19.4. The average Bonchev–Trinajstić information content (AvgIpc) is 3.15. The molecule has 1 heterocycles. The van der Waals surface area contributed by atoms with Gasteiger partial charge in [0.15, 0.2) is 0 Å². The van der Waals surface area contributed by atoms with Crippen LogP contribution in [0, 0.1) is 5.92 Å². The molecule has 1 amide bonds. The fourth-order valence-corrected chi connectivity index (χ4v) is 1.75. The van der Waals surface area contributed by atoms with Gasteiger partial charge in [-0.05, 0) is 6.42 Å². The number of halogens is 9. The number of rotatable bonds is 5. The van der Waals surface area contributed by atoms with Crippen molar-refractivity contribution < 1.29 is 44.3 Å². The molecule has 2 unspecified atom stereocenters. The molecule has 0 aromatic heterocycles. The van der Waals surface area contributed by atoms with E-state index in [4.69, 9.17) is 0 Å². The summed E-state index contributed by atoms with van der Waals surface area (Å²) in [6.07, 6.45) is -6.68. The summed E-state index contributed by atoms with van der Waals surface area (Å²) in [6.45, 7) is 1.78. The van der Waals surface area contributed by atoms with Gasteiger partial charge in [0, 0.05) is 12.5 Å². The smallest absolute Gasteiger partial charge is 0.329 e. The van der Waals surface area contributed by atoms with E-state index < -0.39 is 48.4 Å². The molecule has 130 valence electrons. The quantitative estimate of drug-likeness (QED) is 0.549. The first-order valence-electron chi connectivity index (χ1n) is 6.13. The topological polar surface area (TPSA) is 20.1 Å². The zero-order chi connectivity index (χ0) is 17.7. The van der Waals surface area contributed by atoms with Crippen LogP contribution in [-0.4, -0.2) is 47.3 Å². The Bertz CT molecular complexity index is 445. The van der Waals surface area contributed by atoms with Gasteiger partial charge >= 0.3 is 23.9 Å². The summed E-state index contributed by atoms with van der Waals surface area (Å²) in [5, 5.41) is 0. The molecule has 0 aromatic carbocycles. The van der Waals surface area contributed by atoms with Gasteiger partial charge < -0.3 is 4.90 Å². The predicted octanol–water partition coefficient (Wildman–Crippen LogP) is 3.71. The van der Waals surface area contributed by atoms with Gasteiger partial charge in [0.2, 0.25) is 5.91 Å². The third-order valence-corrected chi connectivity index (χ3v) is 3.52. The first-order chi connectivity index (χ1) is 9.63. The summed E-state index contributed by atoms with van der Waals surface area (Å²) in [5.41, 5.74) is 0. The van der Waals surface area contributed by atoms with Gasteiger partial charge in [-0.15, -0.1) is 0 Å².